The lowest BCUT2D eigenvalue weighted by molar-refractivity contribution is 0.0694. The van der Waals surface area contributed by atoms with E-state index >= 15 is 0 Å². The normalized spacial score (nSPS) is 10.6. The Hall–Kier alpha value is -2.83. The molecule has 0 saturated carbocycles. The summed E-state index contributed by atoms with van der Waals surface area (Å²) in [6.07, 6.45) is 2.09. The average Bonchev–Trinajstić information content (AvgIpc) is 2.61. The molecule has 134 valence electrons. The van der Waals surface area contributed by atoms with Gasteiger partial charge in [0.05, 0.1) is 25.5 Å². The van der Waals surface area contributed by atoms with Gasteiger partial charge < -0.3 is 19.9 Å². The maximum absolute atomic E-state index is 11.2. The Balaban J connectivity index is 2.04. The highest BCUT2D eigenvalue weighted by Crippen LogP contribution is 2.27. The Labute approximate surface area is 147 Å². The summed E-state index contributed by atoms with van der Waals surface area (Å²) in [6, 6.07) is 5.76. The van der Waals surface area contributed by atoms with Crippen molar-refractivity contribution in [2.75, 3.05) is 26.1 Å². The molecular weight excluding hydrogens is 322 g/mol. The first-order valence-electron chi connectivity index (χ1n) is 8.01. The van der Waals surface area contributed by atoms with E-state index in [2.05, 4.69) is 15.3 Å². The molecule has 7 heteroatoms. The number of methoxy groups -OCH3 is 2. The molecule has 0 saturated heterocycles. The molecule has 1 heterocycles. The lowest BCUT2D eigenvalue weighted by Crippen LogP contribution is -2.13. The van der Waals surface area contributed by atoms with Crippen LogP contribution in [0.3, 0.4) is 0 Å². The van der Waals surface area contributed by atoms with E-state index < -0.39 is 5.97 Å². The average molecular weight is 345 g/mol. The quantitative estimate of drug-likeness (QED) is 0.759. The molecule has 0 aliphatic carbocycles. The number of carboxylic acid groups (broad SMARTS) is 1. The molecule has 0 amide bonds. The van der Waals surface area contributed by atoms with Gasteiger partial charge in [-0.25, -0.2) is 14.8 Å². The van der Waals surface area contributed by atoms with Crippen LogP contribution in [0.25, 0.3) is 0 Å². The molecule has 1 aromatic heterocycles. The van der Waals surface area contributed by atoms with Crippen LogP contribution in [0.2, 0.25) is 0 Å². The van der Waals surface area contributed by atoms with Crippen molar-refractivity contribution in [3.63, 3.8) is 0 Å². The Morgan fingerprint density at radius 3 is 2.56 bits per heavy atom. The molecule has 25 heavy (non-hydrogen) atoms. The molecule has 2 aromatic rings. The van der Waals surface area contributed by atoms with Crippen molar-refractivity contribution in [2.45, 2.75) is 26.2 Å². The van der Waals surface area contributed by atoms with Gasteiger partial charge in [-0.15, -0.1) is 0 Å². The van der Waals surface area contributed by atoms with Gasteiger partial charge in [0, 0.05) is 12.7 Å². The van der Waals surface area contributed by atoms with Gasteiger partial charge in [-0.1, -0.05) is 19.9 Å². The van der Waals surface area contributed by atoms with Crippen LogP contribution in [-0.4, -0.2) is 41.8 Å². The fourth-order valence-electron chi connectivity index (χ4n) is 2.44. The summed E-state index contributed by atoms with van der Waals surface area (Å²) in [4.78, 5) is 19.7. The van der Waals surface area contributed by atoms with Crippen molar-refractivity contribution in [1.29, 1.82) is 0 Å². The number of hydrogen-bond acceptors (Lipinski definition) is 6. The van der Waals surface area contributed by atoms with Crippen LogP contribution in [-0.2, 0) is 6.42 Å². The Bertz CT molecular complexity index is 747. The summed E-state index contributed by atoms with van der Waals surface area (Å²) in [6.45, 7) is 4.42. The molecule has 0 spiro atoms. The van der Waals surface area contributed by atoms with Gasteiger partial charge in [0.15, 0.2) is 11.5 Å². The summed E-state index contributed by atoms with van der Waals surface area (Å²) in [5.74, 6) is 0.785. The minimum Gasteiger partial charge on any atom is -0.493 e. The highest BCUT2D eigenvalue weighted by atomic mass is 16.5. The smallest absolute Gasteiger partial charge is 0.339 e. The maximum Gasteiger partial charge on any atom is 0.339 e. The van der Waals surface area contributed by atoms with Crippen LogP contribution >= 0.6 is 0 Å². The number of aromatic carboxylic acids is 1. The van der Waals surface area contributed by atoms with Crippen molar-refractivity contribution in [3.05, 3.63) is 41.2 Å². The summed E-state index contributed by atoms with van der Waals surface area (Å²) in [5, 5.41) is 12.3. The fourth-order valence-corrected chi connectivity index (χ4v) is 2.44. The maximum atomic E-state index is 11.2. The molecule has 0 aliphatic rings. The second-order valence-electron chi connectivity index (χ2n) is 5.82. The Morgan fingerprint density at radius 2 is 1.96 bits per heavy atom. The van der Waals surface area contributed by atoms with Gasteiger partial charge >= 0.3 is 5.97 Å². The van der Waals surface area contributed by atoms with Crippen LogP contribution in [0.1, 0.15) is 41.4 Å². The van der Waals surface area contributed by atoms with Crippen LogP contribution in [0.5, 0.6) is 11.5 Å². The van der Waals surface area contributed by atoms with Crippen LogP contribution in [0, 0.1) is 0 Å². The number of carbonyl (C=O) groups is 1. The first-order chi connectivity index (χ1) is 12.0. The van der Waals surface area contributed by atoms with Crippen molar-refractivity contribution in [1.82, 2.24) is 9.97 Å². The zero-order valence-electron chi connectivity index (χ0n) is 14.9. The number of ether oxygens (including phenoxy) is 2. The van der Waals surface area contributed by atoms with E-state index in [-0.39, 0.29) is 11.5 Å². The lowest BCUT2D eigenvalue weighted by Gasteiger charge is -2.12. The van der Waals surface area contributed by atoms with Crippen LogP contribution in [0.4, 0.5) is 5.95 Å². The molecule has 0 unspecified atom stereocenters. The fraction of sp³-hybridized carbons (Fsp3) is 0.389. The standard InChI is InChI=1S/C18H23N3O4/c1-11(2)16-13(17(22)23)10-20-18(21-16)19-8-7-12-5-6-14(24-3)15(9-12)25-4/h5-6,9-11H,7-8H2,1-4H3,(H,22,23)(H,19,20,21). The molecule has 0 radical (unpaired) electrons. The van der Waals surface area contributed by atoms with E-state index in [9.17, 15) is 9.90 Å². The second-order valence-corrected chi connectivity index (χ2v) is 5.82. The summed E-state index contributed by atoms with van der Waals surface area (Å²) in [7, 11) is 3.20. The molecule has 0 fully saturated rings. The third kappa shape index (κ3) is 4.59. The number of benzene rings is 1. The number of rotatable bonds is 8. The third-order valence-electron chi connectivity index (χ3n) is 3.74. The summed E-state index contributed by atoms with van der Waals surface area (Å²) >= 11 is 0. The predicted molar refractivity (Wildman–Crippen MR) is 94.8 cm³/mol. The molecule has 0 bridgehead atoms. The minimum absolute atomic E-state index is 0.000462. The van der Waals surface area contributed by atoms with E-state index in [0.717, 1.165) is 12.0 Å². The van der Waals surface area contributed by atoms with Gasteiger partial charge in [-0.05, 0) is 30.0 Å². The molecule has 0 atom stereocenters. The van der Waals surface area contributed by atoms with E-state index in [1.54, 1.807) is 14.2 Å². The van der Waals surface area contributed by atoms with Gasteiger partial charge in [0.1, 0.15) is 0 Å². The number of aromatic nitrogens is 2. The van der Waals surface area contributed by atoms with E-state index in [1.165, 1.54) is 6.20 Å². The zero-order valence-corrected chi connectivity index (χ0v) is 14.9. The first kappa shape index (κ1) is 18.5. The highest BCUT2D eigenvalue weighted by molar-refractivity contribution is 5.88. The molecule has 7 nitrogen and oxygen atoms in total. The van der Waals surface area contributed by atoms with Crippen molar-refractivity contribution >= 4 is 11.9 Å². The van der Waals surface area contributed by atoms with Gasteiger partial charge in [0.25, 0.3) is 0 Å². The van der Waals surface area contributed by atoms with E-state index in [1.807, 2.05) is 32.0 Å². The Morgan fingerprint density at radius 1 is 1.24 bits per heavy atom. The molecule has 1 aromatic carbocycles. The number of nitrogens with one attached hydrogen (secondary N) is 1. The van der Waals surface area contributed by atoms with Gasteiger partial charge in [-0.2, -0.15) is 0 Å². The van der Waals surface area contributed by atoms with E-state index in [4.69, 9.17) is 9.47 Å². The SMILES string of the molecule is COc1ccc(CCNc2ncc(C(=O)O)c(C(C)C)n2)cc1OC. The van der Waals surface area contributed by atoms with Crippen LogP contribution in [0.15, 0.2) is 24.4 Å². The summed E-state index contributed by atoms with van der Waals surface area (Å²) in [5.41, 5.74) is 1.74. The van der Waals surface area contributed by atoms with Crippen molar-refractivity contribution in [2.24, 2.45) is 0 Å². The third-order valence-corrected chi connectivity index (χ3v) is 3.74. The van der Waals surface area contributed by atoms with Crippen molar-refractivity contribution < 1.29 is 19.4 Å². The van der Waals surface area contributed by atoms with Gasteiger partial charge in [-0.3, -0.25) is 0 Å². The molecular formula is C18H23N3O4. The highest BCUT2D eigenvalue weighted by Gasteiger charge is 2.16. The Kier molecular flexibility index (Phi) is 6.16. The number of carboxylic acids is 1. The molecule has 2 rings (SSSR count). The predicted octanol–water partition coefficient (Wildman–Crippen LogP) is 2.97. The summed E-state index contributed by atoms with van der Waals surface area (Å²) < 4.78 is 10.5. The molecule has 2 N–H and O–H groups in total. The molecule has 0 aliphatic heterocycles. The van der Waals surface area contributed by atoms with E-state index in [0.29, 0.717) is 29.7 Å². The minimum atomic E-state index is -1.01. The number of hydrogen-bond donors (Lipinski definition) is 2. The van der Waals surface area contributed by atoms with Crippen LogP contribution < -0.4 is 14.8 Å². The topological polar surface area (TPSA) is 93.6 Å². The zero-order chi connectivity index (χ0) is 18.4. The first-order valence-corrected chi connectivity index (χ1v) is 8.01. The number of anilines is 1. The largest absolute Gasteiger partial charge is 0.493 e. The van der Waals surface area contributed by atoms with Crippen molar-refractivity contribution in [3.8, 4) is 11.5 Å². The number of nitrogens with zero attached hydrogens (tertiary/aromatic N) is 2. The van der Waals surface area contributed by atoms with Gasteiger partial charge in [0.2, 0.25) is 5.95 Å². The lowest BCUT2D eigenvalue weighted by atomic mass is 10.1. The monoisotopic (exact) mass is 345 g/mol. The second kappa shape index (κ2) is 8.32.